The van der Waals surface area contributed by atoms with Crippen molar-refractivity contribution in [2.75, 3.05) is 31.6 Å². The van der Waals surface area contributed by atoms with E-state index < -0.39 is 0 Å². The summed E-state index contributed by atoms with van der Waals surface area (Å²) in [6, 6.07) is 11.4. The molecule has 0 unspecified atom stereocenters. The van der Waals surface area contributed by atoms with Gasteiger partial charge in [0.2, 0.25) is 0 Å². The Bertz CT molecular complexity index is 1130. The van der Waals surface area contributed by atoms with Crippen LogP contribution in [0.1, 0.15) is 6.92 Å². The normalized spacial score (nSPS) is 18.6. The maximum atomic E-state index is 13.7. The first-order valence-corrected chi connectivity index (χ1v) is 9.17. The number of hydrogen-bond acceptors (Lipinski definition) is 4. The van der Waals surface area contributed by atoms with Gasteiger partial charge in [0.1, 0.15) is 11.5 Å². The van der Waals surface area contributed by atoms with E-state index in [0.29, 0.717) is 17.6 Å². The molecule has 2 aromatic carbocycles. The molecule has 0 spiro atoms. The first kappa shape index (κ1) is 16.3. The van der Waals surface area contributed by atoms with E-state index in [1.165, 1.54) is 17.8 Å². The van der Waals surface area contributed by atoms with E-state index >= 15 is 0 Å². The average Bonchev–Trinajstić information content (AvgIpc) is 3.26. The molecule has 1 saturated heterocycles. The number of imidazole rings is 1. The average molecular weight is 364 g/mol. The third-order valence-corrected chi connectivity index (χ3v) is 5.54. The van der Waals surface area contributed by atoms with Gasteiger partial charge < -0.3 is 14.8 Å². The lowest BCUT2D eigenvalue weighted by atomic mass is 10.1. The number of hydrogen-bond donors (Lipinski definition) is 2. The highest BCUT2D eigenvalue weighted by Gasteiger charge is 2.21. The number of aromatic nitrogens is 4. The third kappa shape index (κ3) is 2.75. The SMILES string of the molecule is C[C@@H]1CN(c2ccc3nc(-c4n[nH]c5ccc(F)cc45)[nH]c3c2)CCN1C. The highest BCUT2D eigenvalue weighted by Crippen LogP contribution is 2.29. The van der Waals surface area contributed by atoms with Crippen molar-refractivity contribution in [2.24, 2.45) is 0 Å². The molecule has 0 aliphatic carbocycles. The highest BCUT2D eigenvalue weighted by atomic mass is 19.1. The molecule has 6 nitrogen and oxygen atoms in total. The molecule has 0 bridgehead atoms. The number of nitrogens with zero attached hydrogens (tertiary/aromatic N) is 4. The van der Waals surface area contributed by atoms with E-state index in [4.69, 9.17) is 0 Å². The van der Waals surface area contributed by atoms with Gasteiger partial charge in [0.25, 0.3) is 0 Å². The molecule has 1 aliphatic rings. The quantitative estimate of drug-likeness (QED) is 0.572. The predicted molar refractivity (Wildman–Crippen MR) is 105 cm³/mol. The standard InChI is InChI=1S/C20H21FN6/c1-12-11-27(8-7-26(12)2)14-4-6-17-18(10-14)23-20(22-17)19-15-9-13(21)3-5-16(15)24-25-19/h3-6,9-10,12H,7-8,11H2,1-2H3,(H,22,23)(H,24,25)/t12-/m1/s1. The molecule has 2 N–H and O–H groups in total. The Kier molecular flexibility index (Phi) is 3.65. The van der Waals surface area contributed by atoms with Crippen LogP contribution < -0.4 is 4.90 Å². The van der Waals surface area contributed by atoms with Crippen LogP contribution >= 0.6 is 0 Å². The van der Waals surface area contributed by atoms with Crippen molar-refractivity contribution in [1.82, 2.24) is 25.1 Å². The lowest BCUT2D eigenvalue weighted by molar-refractivity contribution is 0.234. The number of piperazine rings is 1. The summed E-state index contributed by atoms with van der Waals surface area (Å²) >= 11 is 0. The number of nitrogens with one attached hydrogen (secondary N) is 2. The smallest absolute Gasteiger partial charge is 0.159 e. The Morgan fingerprint density at radius 2 is 2.00 bits per heavy atom. The van der Waals surface area contributed by atoms with Gasteiger partial charge in [0, 0.05) is 36.7 Å². The molecule has 1 aliphatic heterocycles. The number of anilines is 1. The van der Waals surface area contributed by atoms with Crippen LogP contribution in [0.25, 0.3) is 33.5 Å². The van der Waals surface area contributed by atoms with Gasteiger partial charge in [0.15, 0.2) is 5.82 Å². The van der Waals surface area contributed by atoms with Crippen LogP contribution in [0.5, 0.6) is 0 Å². The summed E-state index contributed by atoms with van der Waals surface area (Å²) in [6.07, 6.45) is 0. The Balaban J connectivity index is 1.53. The van der Waals surface area contributed by atoms with Crippen molar-refractivity contribution >= 4 is 27.6 Å². The molecule has 138 valence electrons. The third-order valence-electron chi connectivity index (χ3n) is 5.54. The second-order valence-electron chi connectivity index (χ2n) is 7.32. The zero-order valence-corrected chi connectivity index (χ0v) is 15.3. The van der Waals surface area contributed by atoms with Crippen molar-refractivity contribution in [1.29, 1.82) is 0 Å². The van der Waals surface area contributed by atoms with Crippen molar-refractivity contribution < 1.29 is 4.39 Å². The largest absolute Gasteiger partial charge is 0.369 e. The van der Waals surface area contributed by atoms with E-state index in [9.17, 15) is 4.39 Å². The maximum absolute atomic E-state index is 13.7. The number of H-pyrrole nitrogens is 2. The van der Waals surface area contributed by atoms with Crippen LogP contribution in [-0.2, 0) is 0 Å². The molecule has 5 rings (SSSR count). The summed E-state index contributed by atoms with van der Waals surface area (Å²) in [5.74, 6) is 0.360. The Labute approximate surface area is 156 Å². The van der Waals surface area contributed by atoms with Gasteiger partial charge in [-0.1, -0.05) is 0 Å². The zero-order chi connectivity index (χ0) is 18.5. The number of benzene rings is 2. The summed E-state index contributed by atoms with van der Waals surface area (Å²) in [5, 5.41) is 8.00. The zero-order valence-electron chi connectivity index (χ0n) is 15.3. The molecule has 7 heteroatoms. The number of halogens is 1. The molecule has 2 aromatic heterocycles. The van der Waals surface area contributed by atoms with E-state index in [1.807, 2.05) is 6.07 Å². The minimum Gasteiger partial charge on any atom is -0.369 e. The summed E-state index contributed by atoms with van der Waals surface area (Å²) in [7, 11) is 2.17. The molecule has 0 radical (unpaired) electrons. The molecule has 1 atom stereocenters. The van der Waals surface area contributed by atoms with Crippen molar-refractivity contribution in [2.45, 2.75) is 13.0 Å². The Morgan fingerprint density at radius 3 is 2.85 bits per heavy atom. The van der Waals surface area contributed by atoms with E-state index in [0.717, 1.165) is 41.6 Å². The number of fused-ring (bicyclic) bond motifs is 2. The van der Waals surface area contributed by atoms with Gasteiger partial charge in [-0.25, -0.2) is 9.37 Å². The number of aromatic amines is 2. The summed E-state index contributed by atoms with van der Waals surface area (Å²) in [4.78, 5) is 12.8. The van der Waals surface area contributed by atoms with Gasteiger partial charge >= 0.3 is 0 Å². The fourth-order valence-electron chi connectivity index (χ4n) is 3.76. The van der Waals surface area contributed by atoms with Gasteiger partial charge in [-0.05, 0) is 50.4 Å². The monoisotopic (exact) mass is 364 g/mol. The predicted octanol–water partition coefficient (Wildman–Crippen LogP) is 3.39. The summed E-state index contributed by atoms with van der Waals surface area (Å²) < 4.78 is 13.7. The van der Waals surface area contributed by atoms with Crippen LogP contribution in [0.15, 0.2) is 36.4 Å². The van der Waals surface area contributed by atoms with Gasteiger partial charge in [-0.3, -0.25) is 5.10 Å². The lowest BCUT2D eigenvalue weighted by Gasteiger charge is -2.39. The van der Waals surface area contributed by atoms with Crippen LogP contribution in [0.2, 0.25) is 0 Å². The highest BCUT2D eigenvalue weighted by molar-refractivity contribution is 5.93. The minimum absolute atomic E-state index is 0.285. The second-order valence-corrected chi connectivity index (χ2v) is 7.32. The lowest BCUT2D eigenvalue weighted by Crippen LogP contribution is -2.50. The molecular weight excluding hydrogens is 343 g/mol. The summed E-state index contributed by atoms with van der Waals surface area (Å²) in [6.45, 7) is 5.32. The van der Waals surface area contributed by atoms with Crippen molar-refractivity contribution in [3.8, 4) is 11.5 Å². The molecule has 1 fully saturated rings. The molecule has 27 heavy (non-hydrogen) atoms. The van der Waals surface area contributed by atoms with Crippen LogP contribution in [0.4, 0.5) is 10.1 Å². The number of likely N-dealkylation sites (N-methyl/N-ethyl adjacent to an activating group) is 1. The fraction of sp³-hybridized carbons (Fsp3) is 0.300. The van der Waals surface area contributed by atoms with Crippen molar-refractivity contribution in [3.63, 3.8) is 0 Å². The Hall–Kier alpha value is -2.93. The van der Waals surface area contributed by atoms with Gasteiger partial charge in [-0.2, -0.15) is 5.10 Å². The first-order chi connectivity index (χ1) is 13.1. The van der Waals surface area contributed by atoms with Gasteiger partial charge in [-0.15, -0.1) is 0 Å². The summed E-state index contributed by atoms with van der Waals surface area (Å²) in [5.41, 5.74) is 4.45. The second kappa shape index (κ2) is 6.06. The van der Waals surface area contributed by atoms with E-state index in [1.54, 1.807) is 6.07 Å². The molecular formula is C20H21FN6. The van der Waals surface area contributed by atoms with Crippen molar-refractivity contribution in [3.05, 3.63) is 42.2 Å². The van der Waals surface area contributed by atoms with E-state index in [2.05, 4.69) is 56.1 Å². The minimum atomic E-state index is -0.285. The molecule has 0 amide bonds. The maximum Gasteiger partial charge on any atom is 0.159 e. The number of rotatable bonds is 2. The molecule has 4 aromatic rings. The Morgan fingerprint density at radius 1 is 1.11 bits per heavy atom. The topological polar surface area (TPSA) is 63.8 Å². The fourth-order valence-corrected chi connectivity index (χ4v) is 3.76. The van der Waals surface area contributed by atoms with E-state index in [-0.39, 0.29) is 5.82 Å². The van der Waals surface area contributed by atoms with Gasteiger partial charge in [0.05, 0.1) is 16.6 Å². The van der Waals surface area contributed by atoms with Crippen LogP contribution in [0.3, 0.4) is 0 Å². The van der Waals surface area contributed by atoms with Crippen LogP contribution in [0, 0.1) is 5.82 Å². The van der Waals surface area contributed by atoms with Crippen LogP contribution in [-0.4, -0.2) is 57.8 Å². The molecule has 3 heterocycles. The molecule has 0 saturated carbocycles. The first-order valence-electron chi connectivity index (χ1n) is 9.17.